The van der Waals surface area contributed by atoms with Crippen LogP contribution in [0.4, 0.5) is 11.4 Å². The lowest BCUT2D eigenvalue weighted by Crippen LogP contribution is -2.25. The van der Waals surface area contributed by atoms with Gasteiger partial charge in [0.25, 0.3) is 0 Å². The number of nitrogens with zero attached hydrogens (tertiary/aromatic N) is 1. The van der Waals surface area contributed by atoms with Gasteiger partial charge in [-0.2, -0.15) is 0 Å². The minimum absolute atomic E-state index is 0.0344. The summed E-state index contributed by atoms with van der Waals surface area (Å²) in [6, 6.07) is 10.4. The SMILES string of the molecule is Cc1ccc(C(=O)CCC(=O)Nc2ccc(N3CCCS3(=O)=O)cc2)s1. The van der Waals surface area contributed by atoms with Crippen molar-refractivity contribution in [3.8, 4) is 0 Å². The summed E-state index contributed by atoms with van der Waals surface area (Å²) in [6.45, 7) is 2.42. The van der Waals surface area contributed by atoms with Crippen molar-refractivity contribution in [3.63, 3.8) is 0 Å². The molecule has 6 nitrogen and oxygen atoms in total. The summed E-state index contributed by atoms with van der Waals surface area (Å²) in [5.41, 5.74) is 1.18. The molecule has 2 heterocycles. The Hall–Kier alpha value is -2.19. The Balaban J connectivity index is 1.54. The van der Waals surface area contributed by atoms with E-state index in [1.165, 1.54) is 15.6 Å². The van der Waals surface area contributed by atoms with Crippen LogP contribution in [0.3, 0.4) is 0 Å². The first-order valence-electron chi connectivity index (χ1n) is 8.35. The molecule has 1 N–H and O–H groups in total. The van der Waals surface area contributed by atoms with Crippen LogP contribution in [-0.2, 0) is 14.8 Å². The molecule has 1 amide bonds. The second-order valence-electron chi connectivity index (χ2n) is 6.17. The van der Waals surface area contributed by atoms with Crippen LogP contribution in [-0.4, -0.2) is 32.4 Å². The third-order valence-electron chi connectivity index (χ3n) is 4.13. The molecule has 1 aliphatic heterocycles. The number of hydrogen-bond acceptors (Lipinski definition) is 5. The number of amides is 1. The molecule has 1 aromatic heterocycles. The maximum atomic E-state index is 12.0. The maximum Gasteiger partial charge on any atom is 0.235 e. The molecule has 0 unspecified atom stereocenters. The standard InChI is InChI=1S/C18H20N2O4S2/c1-13-3-9-17(25-13)16(21)8-10-18(22)19-14-4-6-15(7-5-14)20-11-2-12-26(20,23)24/h3-7,9H,2,8,10-12H2,1H3,(H,19,22). The number of nitrogens with one attached hydrogen (secondary N) is 1. The van der Waals surface area contributed by atoms with Crippen LogP contribution in [0.1, 0.15) is 33.8 Å². The highest BCUT2D eigenvalue weighted by atomic mass is 32.2. The number of rotatable bonds is 6. The van der Waals surface area contributed by atoms with Gasteiger partial charge in [-0.1, -0.05) is 0 Å². The number of carbonyl (C=O) groups excluding carboxylic acids is 2. The van der Waals surface area contributed by atoms with E-state index in [0.29, 0.717) is 29.2 Å². The van der Waals surface area contributed by atoms with E-state index >= 15 is 0 Å². The predicted molar refractivity (Wildman–Crippen MR) is 103 cm³/mol. The van der Waals surface area contributed by atoms with Crippen LogP contribution in [0.15, 0.2) is 36.4 Å². The Morgan fingerprint density at radius 1 is 1.12 bits per heavy atom. The van der Waals surface area contributed by atoms with E-state index in [-0.39, 0.29) is 30.3 Å². The zero-order valence-electron chi connectivity index (χ0n) is 14.4. The van der Waals surface area contributed by atoms with Crippen LogP contribution in [0.25, 0.3) is 0 Å². The zero-order chi connectivity index (χ0) is 18.7. The zero-order valence-corrected chi connectivity index (χ0v) is 16.0. The smallest absolute Gasteiger partial charge is 0.235 e. The fourth-order valence-corrected chi connectivity index (χ4v) is 5.20. The number of aryl methyl sites for hydroxylation is 1. The van der Waals surface area contributed by atoms with Gasteiger partial charge in [-0.15, -0.1) is 11.3 Å². The Kier molecular flexibility index (Phi) is 5.43. The number of carbonyl (C=O) groups is 2. The first-order valence-corrected chi connectivity index (χ1v) is 10.8. The number of ketones is 1. The summed E-state index contributed by atoms with van der Waals surface area (Å²) in [4.78, 5) is 25.8. The van der Waals surface area contributed by atoms with E-state index < -0.39 is 10.0 Å². The second-order valence-corrected chi connectivity index (χ2v) is 9.47. The van der Waals surface area contributed by atoms with Crippen LogP contribution < -0.4 is 9.62 Å². The molecule has 3 rings (SSSR count). The Morgan fingerprint density at radius 3 is 2.42 bits per heavy atom. The topological polar surface area (TPSA) is 83.6 Å². The molecule has 1 aliphatic rings. The van der Waals surface area contributed by atoms with Crippen LogP contribution in [0.5, 0.6) is 0 Å². The Labute approximate surface area is 156 Å². The number of Topliss-reactive ketones (excluding diaryl/α,β-unsaturated/α-hetero) is 1. The maximum absolute atomic E-state index is 12.0. The van der Waals surface area contributed by atoms with E-state index in [0.717, 1.165) is 4.88 Å². The molecule has 26 heavy (non-hydrogen) atoms. The van der Waals surface area contributed by atoms with Gasteiger partial charge in [0.15, 0.2) is 5.78 Å². The van der Waals surface area contributed by atoms with Gasteiger partial charge in [0.2, 0.25) is 15.9 Å². The van der Waals surface area contributed by atoms with Crippen molar-refractivity contribution in [1.29, 1.82) is 0 Å². The largest absolute Gasteiger partial charge is 0.326 e. The quantitative estimate of drug-likeness (QED) is 0.765. The lowest BCUT2D eigenvalue weighted by Gasteiger charge is -2.17. The van der Waals surface area contributed by atoms with Crippen molar-refractivity contribution < 1.29 is 18.0 Å². The monoisotopic (exact) mass is 392 g/mol. The molecule has 0 atom stereocenters. The minimum atomic E-state index is -3.21. The van der Waals surface area contributed by atoms with Crippen molar-refractivity contribution >= 4 is 44.4 Å². The highest BCUT2D eigenvalue weighted by Gasteiger charge is 2.28. The van der Waals surface area contributed by atoms with E-state index in [9.17, 15) is 18.0 Å². The third-order valence-corrected chi connectivity index (χ3v) is 7.04. The third kappa shape index (κ3) is 4.31. The molecule has 138 valence electrons. The number of sulfonamides is 1. The van der Waals surface area contributed by atoms with Gasteiger partial charge in [0.1, 0.15) is 0 Å². The normalized spacial score (nSPS) is 15.8. The average Bonchev–Trinajstić information content (AvgIpc) is 3.18. The average molecular weight is 393 g/mol. The van der Waals surface area contributed by atoms with Crippen molar-refractivity contribution in [2.75, 3.05) is 21.9 Å². The van der Waals surface area contributed by atoms with Gasteiger partial charge in [-0.25, -0.2) is 8.42 Å². The fraction of sp³-hybridized carbons (Fsp3) is 0.333. The summed E-state index contributed by atoms with van der Waals surface area (Å²) < 4.78 is 25.2. The van der Waals surface area contributed by atoms with E-state index in [1.54, 1.807) is 30.3 Å². The molecule has 0 radical (unpaired) electrons. The van der Waals surface area contributed by atoms with E-state index in [1.807, 2.05) is 13.0 Å². The van der Waals surface area contributed by atoms with Gasteiger partial charge in [0.05, 0.1) is 16.3 Å². The molecular weight excluding hydrogens is 372 g/mol. The Morgan fingerprint density at radius 2 is 1.85 bits per heavy atom. The predicted octanol–water partition coefficient (Wildman–Crippen LogP) is 3.20. The summed E-state index contributed by atoms with van der Waals surface area (Å²) in [6.07, 6.45) is 0.895. The molecule has 0 aliphatic carbocycles. The highest BCUT2D eigenvalue weighted by Crippen LogP contribution is 2.25. The van der Waals surface area contributed by atoms with Crippen molar-refractivity contribution in [2.45, 2.75) is 26.2 Å². The first kappa shape index (κ1) is 18.6. The van der Waals surface area contributed by atoms with Gasteiger partial charge >= 0.3 is 0 Å². The minimum Gasteiger partial charge on any atom is -0.326 e. The molecule has 1 fully saturated rings. The summed E-state index contributed by atoms with van der Waals surface area (Å²) >= 11 is 1.43. The summed E-state index contributed by atoms with van der Waals surface area (Å²) in [5, 5.41) is 2.74. The molecule has 1 aromatic carbocycles. The first-order chi connectivity index (χ1) is 12.3. The van der Waals surface area contributed by atoms with E-state index in [4.69, 9.17) is 0 Å². The molecule has 1 saturated heterocycles. The molecule has 0 spiro atoms. The number of anilines is 2. The number of thiophene rings is 1. The molecule has 0 bridgehead atoms. The highest BCUT2D eigenvalue weighted by molar-refractivity contribution is 7.93. The van der Waals surface area contributed by atoms with Crippen LogP contribution in [0, 0.1) is 6.92 Å². The lowest BCUT2D eigenvalue weighted by molar-refractivity contribution is -0.116. The molecule has 0 saturated carbocycles. The van der Waals surface area contributed by atoms with E-state index in [2.05, 4.69) is 5.32 Å². The van der Waals surface area contributed by atoms with Gasteiger partial charge in [-0.3, -0.25) is 13.9 Å². The lowest BCUT2D eigenvalue weighted by atomic mass is 10.2. The fourth-order valence-electron chi connectivity index (χ4n) is 2.80. The number of hydrogen-bond donors (Lipinski definition) is 1. The molecule has 2 aromatic rings. The van der Waals surface area contributed by atoms with Gasteiger partial charge in [0, 0.05) is 30.0 Å². The van der Waals surface area contributed by atoms with Crippen LogP contribution >= 0.6 is 11.3 Å². The summed E-state index contributed by atoms with van der Waals surface area (Å²) in [5.74, 6) is -0.107. The van der Waals surface area contributed by atoms with Crippen molar-refractivity contribution in [3.05, 3.63) is 46.2 Å². The molecular formula is C18H20N2O4S2. The molecule has 8 heteroatoms. The van der Waals surface area contributed by atoms with Crippen LogP contribution in [0.2, 0.25) is 0 Å². The Bertz CT molecular complexity index is 917. The van der Waals surface area contributed by atoms with Gasteiger partial charge < -0.3 is 5.32 Å². The number of benzene rings is 1. The van der Waals surface area contributed by atoms with Crippen molar-refractivity contribution in [1.82, 2.24) is 0 Å². The van der Waals surface area contributed by atoms with Gasteiger partial charge in [-0.05, 0) is 49.7 Å². The second kappa shape index (κ2) is 7.59. The summed E-state index contributed by atoms with van der Waals surface area (Å²) in [7, 11) is -3.21. The van der Waals surface area contributed by atoms with Crippen molar-refractivity contribution in [2.24, 2.45) is 0 Å².